The van der Waals surface area contributed by atoms with E-state index in [1.807, 2.05) is 200 Å². The van der Waals surface area contributed by atoms with Crippen molar-refractivity contribution >= 4 is 148 Å². The molecule has 0 unspecified atom stereocenters. The van der Waals surface area contributed by atoms with Gasteiger partial charge in [0.05, 0.1) is 103 Å². The highest BCUT2D eigenvalue weighted by Crippen LogP contribution is 2.50. The first-order valence-corrected chi connectivity index (χ1v) is 47.2. The molecule has 0 N–H and O–H groups in total. The van der Waals surface area contributed by atoms with Crippen LogP contribution in [-0.2, 0) is 0 Å². The Morgan fingerprint density at radius 3 is 0.826 bits per heavy atom. The van der Waals surface area contributed by atoms with Crippen LogP contribution in [0.1, 0.15) is 17.1 Å². The first kappa shape index (κ1) is 84.9. The molecule has 9 aromatic heterocycles. The van der Waals surface area contributed by atoms with Gasteiger partial charge in [0.1, 0.15) is 35.3 Å². The Hall–Kier alpha value is -20.9. The van der Waals surface area contributed by atoms with Crippen molar-refractivity contribution in [3.8, 4) is 119 Å². The molecule has 0 saturated heterocycles. The fraction of sp³-hybridized carbons (Fsp3) is 0. The minimum absolute atomic E-state index is 0.325. The Bertz CT molecular complexity index is 10000. The van der Waals surface area contributed by atoms with Crippen molar-refractivity contribution in [2.75, 3.05) is 0 Å². The lowest BCUT2D eigenvalue weighted by Gasteiger charge is -2.13. The number of hydrogen-bond donors (Lipinski definition) is 0. The van der Waals surface area contributed by atoms with Crippen LogP contribution in [0.25, 0.3) is 246 Å². The van der Waals surface area contributed by atoms with E-state index in [2.05, 4.69) is 312 Å². The van der Waals surface area contributed by atoms with Crippen molar-refractivity contribution in [2.24, 2.45) is 0 Å². The van der Waals surface area contributed by atoms with Gasteiger partial charge >= 0.3 is 0 Å². The molecule has 15 nitrogen and oxygen atoms in total. The van der Waals surface area contributed by atoms with E-state index < -0.39 is 0 Å². The second-order valence-corrected chi connectivity index (χ2v) is 35.5. The van der Waals surface area contributed by atoms with Gasteiger partial charge in [-0.1, -0.05) is 279 Å². The Balaban J connectivity index is 0.000000113. The molecular formula is C129H75N15. The van der Waals surface area contributed by atoms with Gasteiger partial charge in [0.15, 0.2) is 0 Å². The van der Waals surface area contributed by atoms with Gasteiger partial charge in [0.2, 0.25) is 17.1 Å². The average molecular weight is 1840 g/mol. The highest BCUT2D eigenvalue weighted by molar-refractivity contribution is 6.30. The summed E-state index contributed by atoms with van der Waals surface area (Å²) in [6.45, 7) is 24.9. The molecule has 0 aliphatic carbocycles. The lowest BCUT2D eigenvalue weighted by molar-refractivity contribution is 1.17. The number of hydrogen-bond acceptors (Lipinski definition) is 6. The predicted molar refractivity (Wildman–Crippen MR) is 584 cm³/mol. The second kappa shape index (κ2) is 35.4. The van der Waals surface area contributed by atoms with E-state index >= 15 is 0 Å². The molecule has 0 spiro atoms. The molecule has 0 radical (unpaired) electrons. The Morgan fingerprint density at radius 1 is 0.194 bits per heavy atom. The molecular weight excluding hydrogens is 1760 g/mol. The molecule has 0 bridgehead atoms. The van der Waals surface area contributed by atoms with Gasteiger partial charge in [0.25, 0.3) is 0 Å². The van der Waals surface area contributed by atoms with Gasteiger partial charge in [0, 0.05) is 134 Å². The molecule has 27 rings (SSSR count). The van der Waals surface area contributed by atoms with Crippen LogP contribution in [0, 0.1) is 53.7 Å². The summed E-state index contributed by atoms with van der Waals surface area (Å²) in [5, 5.41) is 43.7. The zero-order chi connectivity index (χ0) is 96.6. The van der Waals surface area contributed by atoms with Crippen LogP contribution in [0.3, 0.4) is 0 Å². The fourth-order valence-corrected chi connectivity index (χ4v) is 21.4. The summed E-state index contributed by atoms with van der Waals surface area (Å²) in [6.07, 6.45) is 5.19. The number of rotatable bonds is 12. The van der Waals surface area contributed by atoms with Gasteiger partial charge in [-0.25, -0.2) is 29.5 Å². The molecule has 0 atom stereocenters. The molecule has 27 aromatic rings. The highest BCUT2D eigenvalue weighted by Gasteiger charge is 2.28. The normalized spacial score (nSPS) is 11.3. The van der Waals surface area contributed by atoms with E-state index in [9.17, 15) is 15.8 Å². The third-order valence-corrected chi connectivity index (χ3v) is 27.7. The molecule has 144 heavy (non-hydrogen) atoms. The topological polar surface area (TPSA) is 153 Å². The summed E-state index contributed by atoms with van der Waals surface area (Å²) in [7, 11) is 0. The second-order valence-electron chi connectivity index (χ2n) is 35.5. The van der Waals surface area contributed by atoms with Gasteiger partial charge < -0.3 is 27.4 Å². The minimum Gasteiger partial charge on any atom is -0.319 e. The number of para-hydroxylation sites is 9. The van der Waals surface area contributed by atoms with Crippen molar-refractivity contribution in [3.05, 3.63) is 507 Å². The minimum atomic E-state index is 0.325. The summed E-state index contributed by atoms with van der Waals surface area (Å²) >= 11 is 0. The number of pyridine rings is 3. The van der Waals surface area contributed by atoms with Crippen molar-refractivity contribution in [3.63, 3.8) is 0 Å². The third-order valence-electron chi connectivity index (χ3n) is 27.7. The Kier molecular flexibility index (Phi) is 20.8. The molecule has 0 saturated carbocycles. The zero-order valence-electron chi connectivity index (χ0n) is 77.0. The van der Waals surface area contributed by atoms with Gasteiger partial charge in [-0.15, -0.1) is 0 Å². The van der Waals surface area contributed by atoms with E-state index in [-0.39, 0.29) is 0 Å². The lowest BCUT2D eigenvalue weighted by Crippen LogP contribution is -1.96. The maximum Gasteiger partial charge on any atom is 0.211 e. The summed E-state index contributed by atoms with van der Waals surface area (Å²) in [4.78, 5) is 25.6. The quantitative estimate of drug-likeness (QED) is 0.111. The van der Waals surface area contributed by atoms with Crippen LogP contribution in [0.5, 0.6) is 0 Å². The molecule has 15 heteroatoms. The average Bonchev–Trinajstić information content (AvgIpc) is 1.55. The molecule has 666 valence electrons. The lowest BCUT2D eigenvalue weighted by atomic mass is 9.98. The van der Waals surface area contributed by atoms with Crippen LogP contribution in [0.2, 0.25) is 0 Å². The predicted octanol–water partition coefficient (Wildman–Crippen LogP) is 33.1. The summed E-state index contributed by atoms with van der Waals surface area (Å²) < 4.78 is 13.6. The summed E-state index contributed by atoms with van der Waals surface area (Å²) in [5.74, 6) is 0. The van der Waals surface area contributed by atoms with E-state index in [0.29, 0.717) is 50.8 Å². The molecule has 0 aliphatic rings. The van der Waals surface area contributed by atoms with Gasteiger partial charge in [-0.3, -0.25) is 0 Å². The maximum absolute atomic E-state index is 9.97. The summed E-state index contributed by atoms with van der Waals surface area (Å²) in [5.41, 5.74) is 31.4. The van der Waals surface area contributed by atoms with Crippen molar-refractivity contribution < 1.29 is 0 Å². The van der Waals surface area contributed by atoms with E-state index in [0.717, 1.165) is 188 Å². The molecule has 0 aliphatic heterocycles. The monoisotopic (exact) mass is 1830 g/mol. The van der Waals surface area contributed by atoms with Crippen molar-refractivity contribution in [1.82, 2.24) is 42.4 Å². The number of fused-ring (bicyclic) bond motifs is 20. The SMILES string of the molecule is [C-]#[N+]c1cc(-c2cc(-c3ccccc3)cnc2C#N)ccc1-n1c2ccccc2c2c1ccc1c3ccccc3n(-c3ccccc3)c12.[C-]#[N+]c1cc(-c2cc(-c3ccccc3)cnc2C#N)ccc1-n1c2ccccc2c2c3c4ccccc4n(-c4ccccc4)c3ccc21.[C-]#[N+]c1cc(-c2cc(-c3ccccc3)cnc2C#N)ccc1-n1c2ccccc2c2cc3c(cc21)c1ccccc1n3-c1ccccc1. The summed E-state index contributed by atoms with van der Waals surface area (Å²) in [6, 6.07) is 156. The molecule has 0 fully saturated rings. The number of nitriles is 3. The van der Waals surface area contributed by atoms with Crippen LogP contribution >= 0.6 is 0 Å². The maximum atomic E-state index is 9.97. The largest absolute Gasteiger partial charge is 0.319 e. The first-order chi connectivity index (χ1) is 71.2. The van der Waals surface area contributed by atoms with E-state index in [1.165, 1.54) is 26.9 Å². The van der Waals surface area contributed by atoms with Crippen LogP contribution in [-0.4, -0.2) is 42.4 Å². The van der Waals surface area contributed by atoms with E-state index in [4.69, 9.17) is 19.7 Å². The van der Waals surface area contributed by atoms with Crippen LogP contribution < -0.4 is 0 Å². The van der Waals surface area contributed by atoms with Gasteiger partial charge in [-0.05, 0) is 191 Å². The van der Waals surface area contributed by atoms with E-state index in [1.54, 1.807) is 18.6 Å². The number of aromatic nitrogens is 9. The standard InChI is InChI=1S/3C43H25N5/c1-45-36-25-29(35-24-30(27-46-37(35)26-44)28-12-4-2-5-13-28)20-22-40(36)48-39-19-11-9-17-34(39)42-41(48)23-21-33-32-16-8-10-18-38(32)47(43(33)42)31-14-6-3-7-15-31;1-45-37-23-29(34-22-30(27-46-38(34)26-44)28-12-4-2-5-13-28)20-21-41(37)48-40-19-11-9-17-33(40)36-24-42-35(25-43(36)48)32-16-8-10-18-39(32)47(42)31-14-6-3-7-15-31;1-45-35-25-29(34-24-30(27-46-36(34)26-44)28-12-4-2-5-13-28)20-21-39(35)48-38-19-11-9-17-33(38)43-41(48)23-22-40-42(43)32-16-8-10-18-37(32)47(40)31-14-6-3-7-15-31/h3*2-25,27H. The Labute approximate surface area is 826 Å². The van der Waals surface area contributed by atoms with Crippen molar-refractivity contribution in [2.45, 2.75) is 0 Å². The molecule has 18 aromatic carbocycles. The number of benzene rings is 18. The molecule has 9 heterocycles. The first-order valence-electron chi connectivity index (χ1n) is 47.2. The molecule has 0 amide bonds. The van der Waals surface area contributed by atoms with Crippen molar-refractivity contribution in [1.29, 1.82) is 15.8 Å². The van der Waals surface area contributed by atoms with Crippen LogP contribution in [0.15, 0.2) is 455 Å². The third kappa shape index (κ3) is 14.0. The number of nitrogens with zero attached hydrogens (tertiary/aromatic N) is 15. The Morgan fingerprint density at radius 2 is 0.458 bits per heavy atom. The zero-order valence-corrected chi connectivity index (χ0v) is 77.0. The smallest absolute Gasteiger partial charge is 0.211 e. The van der Waals surface area contributed by atoms with Gasteiger partial charge in [-0.2, -0.15) is 15.8 Å². The highest BCUT2D eigenvalue weighted by atomic mass is 15.1. The van der Waals surface area contributed by atoms with Crippen LogP contribution in [0.4, 0.5) is 17.1 Å². The fourth-order valence-electron chi connectivity index (χ4n) is 21.4.